The van der Waals surface area contributed by atoms with Gasteiger partial charge in [0.1, 0.15) is 11.9 Å². The number of nitrogens with one attached hydrogen (secondary N) is 1. The Morgan fingerprint density at radius 1 is 1.27 bits per heavy atom. The highest BCUT2D eigenvalue weighted by Gasteiger charge is 2.50. The maximum atomic E-state index is 13.1. The lowest BCUT2D eigenvalue weighted by atomic mass is 9.84. The number of hydrogen-bond acceptors (Lipinski definition) is 7. The molecule has 10 nitrogen and oxygen atoms in total. The third-order valence-electron chi connectivity index (χ3n) is 5.41. The fraction of sp³-hybridized carbons (Fsp3) is 0.391. The van der Waals surface area contributed by atoms with E-state index in [1.165, 1.54) is 7.11 Å². The first-order valence-electron chi connectivity index (χ1n) is 10.6. The molecule has 0 bridgehead atoms. The van der Waals surface area contributed by atoms with Crippen LogP contribution in [-0.2, 0) is 27.3 Å². The van der Waals surface area contributed by atoms with Crippen LogP contribution in [0.4, 0.5) is 0 Å². The summed E-state index contributed by atoms with van der Waals surface area (Å²) < 4.78 is 11.6. The second-order valence-electron chi connectivity index (χ2n) is 7.52. The molecule has 0 spiro atoms. The molecule has 1 heterocycles. The maximum Gasteiger partial charge on any atom is 0.275 e. The van der Waals surface area contributed by atoms with Crippen LogP contribution in [0.25, 0.3) is 10.4 Å². The number of benzene rings is 2. The number of carbonyl (C=O) groups is 1. The molecule has 0 aliphatic carbocycles. The van der Waals surface area contributed by atoms with Gasteiger partial charge in [0, 0.05) is 29.9 Å². The lowest BCUT2D eigenvalue weighted by Crippen LogP contribution is -2.52. The Morgan fingerprint density at radius 2 is 2.00 bits per heavy atom. The van der Waals surface area contributed by atoms with Gasteiger partial charge < -0.3 is 14.6 Å². The van der Waals surface area contributed by atoms with Gasteiger partial charge in [-0.25, -0.2) is 10.5 Å². The molecule has 1 aliphatic heterocycles. The van der Waals surface area contributed by atoms with E-state index in [9.17, 15) is 4.79 Å². The number of azide groups is 1. The van der Waals surface area contributed by atoms with Crippen molar-refractivity contribution in [2.45, 2.75) is 38.0 Å². The van der Waals surface area contributed by atoms with Crippen LogP contribution >= 0.6 is 0 Å². The fourth-order valence-corrected chi connectivity index (χ4v) is 3.61. The summed E-state index contributed by atoms with van der Waals surface area (Å²) in [6.45, 7) is 2.43. The standard InChI is InChI=1S/C23H27N5O5/c1-16-23(22(30)27-31-2,14-18-6-3-4-7-19(18)15-25-28-24)26-21(33-16)17-8-10-20(11-9-17)32-13-5-12-29/h3-4,6-11,16,29H,5,12-15H2,1-2H3,(H,27,30)/t16-,23-/m0/s1. The molecule has 2 aromatic rings. The molecule has 33 heavy (non-hydrogen) atoms. The van der Waals surface area contributed by atoms with Crippen LogP contribution in [0.2, 0.25) is 0 Å². The van der Waals surface area contributed by atoms with Gasteiger partial charge in [0.05, 0.1) is 20.3 Å². The Labute approximate surface area is 191 Å². The van der Waals surface area contributed by atoms with Gasteiger partial charge in [0.15, 0.2) is 5.54 Å². The molecule has 2 atom stereocenters. The third-order valence-corrected chi connectivity index (χ3v) is 5.41. The zero-order chi connectivity index (χ0) is 23.7. The van der Waals surface area contributed by atoms with Gasteiger partial charge in [-0.15, -0.1) is 0 Å². The van der Waals surface area contributed by atoms with Crippen molar-refractivity contribution in [1.82, 2.24) is 5.48 Å². The van der Waals surface area contributed by atoms with Gasteiger partial charge >= 0.3 is 0 Å². The van der Waals surface area contributed by atoms with Crippen molar-refractivity contribution in [3.63, 3.8) is 0 Å². The third kappa shape index (κ3) is 5.61. The van der Waals surface area contributed by atoms with Crippen molar-refractivity contribution in [1.29, 1.82) is 0 Å². The number of ether oxygens (including phenoxy) is 2. The Bertz CT molecular complexity index is 1040. The summed E-state index contributed by atoms with van der Waals surface area (Å²) in [5, 5.41) is 12.5. The Morgan fingerprint density at radius 3 is 2.67 bits per heavy atom. The highest BCUT2D eigenvalue weighted by Crippen LogP contribution is 2.33. The number of aliphatic hydroxyl groups is 1. The SMILES string of the molecule is CONC(=O)[C@@]1(Cc2ccccc2CN=[N+]=[N-])N=C(c2ccc(OCCCO)cc2)O[C@H]1C. The lowest BCUT2D eigenvalue weighted by molar-refractivity contribution is -0.139. The van der Waals surface area contributed by atoms with Gasteiger partial charge in [-0.3, -0.25) is 9.63 Å². The summed E-state index contributed by atoms with van der Waals surface area (Å²) in [6.07, 6.45) is 0.190. The predicted octanol–water partition coefficient (Wildman–Crippen LogP) is 3.08. The number of nitrogens with zero attached hydrogens (tertiary/aromatic N) is 4. The minimum atomic E-state index is -1.28. The fourth-order valence-electron chi connectivity index (χ4n) is 3.61. The number of rotatable bonds is 11. The zero-order valence-electron chi connectivity index (χ0n) is 18.6. The van der Waals surface area contributed by atoms with Crippen molar-refractivity contribution in [3.8, 4) is 5.75 Å². The molecule has 10 heteroatoms. The van der Waals surface area contributed by atoms with Crippen molar-refractivity contribution in [2.24, 2.45) is 10.1 Å². The Balaban J connectivity index is 1.93. The molecule has 1 aliphatic rings. The number of carbonyl (C=O) groups excluding carboxylic acids is 1. The molecule has 2 aromatic carbocycles. The summed E-state index contributed by atoms with van der Waals surface area (Å²) in [6, 6.07) is 14.6. The smallest absolute Gasteiger partial charge is 0.275 e. The van der Waals surface area contributed by atoms with Gasteiger partial charge in [0.2, 0.25) is 5.90 Å². The molecule has 2 N–H and O–H groups in total. The number of aliphatic imine (C=N–C) groups is 1. The monoisotopic (exact) mass is 453 g/mol. The van der Waals surface area contributed by atoms with E-state index >= 15 is 0 Å². The number of aliphatic hydroxyl groups excluding tert-OH is 1. The van der Waals surface area contributed by atoms with Gasteiger partial charge in [-0.1, -0.05) is 29.4 Å². The Hall–Kier alpha value is -3.59. The molecule has 0 fully saturated rings. The van der Waals surface area contributed by atoms with Gasteiger partial charge in [0.25, 0.3) is 5.91 Å². The van der Waals surface area contributed by atoms with E-state index in [0.717, 1.165) is 11.1 Å². The summed E-state index contributed by atoms with van der Waals surface area (Å²) in [5.74, 6) is 0.562. The first kappa shape index (κ1) is 24.1. The van der Waals surface area contributed by atoms with Crippen molar-refractivity contribution < 1.29 is 24.2 Å². The summed E-state index contributed by atoms with van der Waals surface area (Å²) in [4.78, 5) is 25.6. The van der Waals surface area contributed by atoms with Crippen LogP contribution in [0.5, 0.6) is 5.75 Å². The van der Waals surface area contributed by atoms with E-state index in [4.69, 9.17) is 29.9 Å². The highest BCUT2D eigenvalue weighted by atomic mass is 16.6. The molecule has 0 aromatic heterocycles. The molecule has 0 saturated carbocycles. The average Bonchev–Trinajstić information content (AvgIpc) is 3.16. The topological polar surface area (TPSA) is 138 Å². The van der Waals surface area contributed by atoms with Crippen LogP contribution in [0, 0.1) is 0 Å². The minimum Gasteiger partial charge on any atom is -0.494 e. The summed E-state index contributed by atoms with van der Waals surface area (Å²) in [7, 11) is 1.36. The molecular formula is C23H27N5O5. The van der Waals surface area contributed by atoms with E-state index < -0.39 is 17.6 Å². The van der Waals surface area contributed by atoms with Gasteiger partial charge in [-0.2, -0.15) is 0 Å². The van der Waals surface area contributed by atoms with Crippen LogP contribution < -0.4 is 10.2 Å². The average molecular weight is 453 g/mol. The second kappa shape index (κ2) is 11.3. The van der Waals surface area contributed by atoms with Crippen molar-refractivity contribution >= 4 is 11.8 Å². The van der Waals surface area contributed by atoms with Crippen molar-refractivity contribution in [2.75, 3.05) is 20.3 Å². The molecule has 174 valence electrons. The van der Waals surface area contributed by atoms with E-state index in [2.05, 4.69) is 15.5 Å². The molecule has 0 unspecified atom stereocenters. The van der Waals surface area contributed by atoms with Crippen LogP contribution in [0.1, 0.15) is 30.0 Å². The second-order valence-corrected chi connectivity index (χ2v) is 7.52. The van der Waals surface area contributed by atoms with E-state index in [1.807, 2.05) is 24.3 Å². The minimum absolute atomic E-state index is 0.0677. The van der Waals surface area contributed by atoms with Crippen LogP contribution in [0.3, 0.4) is 0 Å². The first-order valence-corrected chi connectivity index (χ1v) is 10.6. The Kier molecular flexibility index (Phi) is 8.26. The molecule has 0 radical (unpaired) electrons. The van der Waals surface area contributed by atoms with E-state index in [1.54, 1.807) is 31.2 Å². The molecule has 1 amide bonds. The largest absolute Gasteiger partial charge is 0.494 e. The number of hydroxylamine groups is 1. The van der Waals surface area contributed by atoms with Crippen LogP contribution in [-0.4, -0.2) is 48.9 Å². The summed E-state index contributed by atoms with van der Waals surface area (Å²) in [5.41, 5.74) is 12.2. The highest BCUT2D eigenvalue weighted by molar-refractivity contribution is 6.00. The number of hydrogen-bond donors (Lipinski definition) is 2. The lowest BCUT2D eigenvalue weighted by Gasteiger charge is -2.28. The zero-order valence-corrected chi connectivity index (χ0v) is 18.6. The van der Waals surface area contributed by atoms with Gasteiger partial charge in [-0.05, 0) is 47.8 Å². The van der Waals surface area contributed by atoms with Crippen LogP contribution in [0.15, 0.2) is 58.6 Å². The quantitative estimate of drug-likeness (QED) is 0.177. The first-order chi connectivity index (χ1) is 16.0. The molecular weight excluding hydrogens is 426 g/mol. The summed E-state index contributed by atoms with van der Waals surface area (Å²) >= 11 is 0. The molecule has 3 rings (SSSR count). The van der Waals surface area contributed by atoms with E-state index in [0.29, 0.717) is 30.2 Å². The number of amides is 1. The maximum absolute atomic E-state index is 13.1. The van der Waals surface area contributed by atoms with E-state index in [-0.39, 0.29) is 19.6 Å². The normalized spacial score (nSPS) is 19.2. The van der Waals surface area contributed by atoms with Crippen molar-refractivity contribution in [3.05, 3.63) is 75.7 Å². The molecule has 0 saturated heterocycles. The predicted molar refractivity (Wildman–Crippen MR) is 122 cm³/mol.